The van der Waals surface area contributed by atoms with Gasteiger partial charge in [0.25, 0.3) is 0 Å². The summed E-state index contributed by atoms with van der Waals surface area (Å²) in [5, 5.41) is -0.380. The Morgan fingerprint density at radius 1 is 1.04 bits per heavy atom. The fourth-order valence-corrected chi connectivity index (χ4v) is 2.14. The molecule has 0 saturated heterocycles. The number of rotatable bonds is 3. The standard InChI is InChI=1S/C18H23ClN2O7/c1-17(2,3)27-15(24)21(16(25)28-18(4,5)6)11-8-10(9-22)20-13(12(11)19)14(23)26-7/h8-9H,1-7H3. The van der Waals surface area contributed by atoms with Crippen LogP contribution in [0.3, 0.4) is 0 Å². The molecule has 28 heavy (non-hydrogen) atoms. The van der Waals surface area contributed by atoms with Crippen LogP contribution in [0.15, 0.2) is 6.07 Å². The second-order valence-electron chi connectivity index (χ2n) is 7.63. The number of carbonyl (C=O) groups excluding carboxylic acids is 4. The van der Waals surface area contributed by atoms with Crippen molar-refractivity contribution in [1.82, 2.24) is 4.98 Å². The summed E-state index contributed by atoms with van der Waals surface area (Å²) < 4.78 is 15.1. The molecule has 0 fully saturated rings. The number of halogens is 1. The largest absolute Gasteiger partial charge is 0.464 e. The maximum atomic E-state index is 12.7. The van der Waals surface area contributed by atoms with Gasteiger partial charge in [0.05, 0.1) is 17.8 Å². The molecule has 154 valence electrons. The molecular formula is C18H23ClN2O7. The molecule has 0 aliphatic rings. The first-order valence-corrected chi connectivity index (χ1v) is 8.58. The zero-order valence-electron chi connectivity index (χ0n) is 16.8. The summed E-state index contributed by atoms with van der Waals surface area (Å²) in [4.78, 5) is 52.9. The van der Waals surface area contributed by atoms with E-state index in [4.69, 9.17) is 21.1 Å². The van der Waals surface area contributed by atoms with Crippen LogP contribution in [0.1, 0.15) is 62.5 Å². The van der Waals surface area contributed by atoms with Crippen LogP contribution in [-0.4, -0.2) is 47.7 Å². The van der Waals surface area contributed by atoms with Crippen LogP contribution >= 0.6 is 11.6 Å². The summed E-state index contributed by atoms with van der Waals surface area (Å²) in [6.07, 6.45) is -1.89. The van der Waals surface area contributed by atoms with Crippen molar-refractivity contribution >= 4 is 41.7 Å². The highest BCUT2D eigenvalue weighted by Gasteiger charge is 2.35. The van der Waals surface area contributed by atoms with E-state index in [2.05, 4.69) is 9.72 Å². The Morgan fingerprint density at radius 2 is 1.50 bits per heavy atom. The Bertz CT molecular complexity index is 766. The van der Waals surface area contributed by atoms with Crippen molar-refractivity contribution in [2.45, 2.75) is 52.7 Å². The van der Waals surface area contributed by atoms with Gasteiger partial charge in [0.1, 0.15) is 16.9 Å². The van der Waals surface area contributed by atoms with Crippen LogP contribution in [-0.2, 0) is 14.2 Å². The Morgan fingerprint density at radius 3 is 1.86 bits per heavy atom. The first-order chi connectivity index (χ1) is 12.7. The first kappa shape index (κ1) is 23.4. The lowest BCUT2D eigenvalue weighted by Gasteiger charge is -2.29. The number of aldehydes is 1. The van der Waals surface area contributed by atoms with Crippen molar-refractivity contribution in [3.8, 4) is 0 Å². The summed E-state index contributed by atoms with van der Waals surface area (Å²) >= 11 is 6.20. The van der Waals surface area contributed by atoms with Gasteiger partial charge in [-0.05, 0) is 47.6 Å². The minimum Gasteiger partial charge on any atom is -0.464 e. The number of methoxy groups -OCH3 is 1. The van der Waals surface area contributed by atoms with Crippen molar-refractivity contribution in [3.05, 3.63) is 22.5 Å². The number of hydrogen-bond donors (Lipinski definition) is 0. The minimum absolute atomic E-state index is 0.253. The molecule has 0 atom stereocenters. The number of hydrogen-bond acceptors (Lipinski definition) is 8. The predicted octanol–water partition coefficient (Wildman–Crippen LogP) is 4.01. The Balaban J connectivity index is 3.64. The van der Waals surface area contributed by atoms with Crippen LogP contribution in [0.2, 0.25) is 5.02 Å². The van der Waals surface area contributed by atoms with Crippen LogP contribution in [0.25, 0.3) is 0 Å². The molecule has 0 saturated carbocycles. The fourth-order valence-electron chi connectivity index (χ4n) is 1.88. The fraction of sp³-hybridized carbons (Fsp3) is 0.500. The molecule has 0 spiro atoms. The van der Waals surface area contributed by atoms with Crippen LogP contribution in [0.5, 0.6) is 0 Å². The van der Waals surface area contributed by atoms with E-state index in [1.807, 2.05) is 0 Å². The van der Waals surface area contributed by atoms with Crippen molar-refractivity contribution in [2.75, 3.05) is 12.0 Å². The highest BCUT2D eigenvalue weighted by molar-refractivity contribution is 6.37. The molecule has 10 heteroatoms. The molecule has 0 aliphatic carbocycles. The van der Waals surface area contributed by atoms with Crippen LogP contribution in [0.4, 0.5) is 15.3 Å². The molecule has 1 aromatic heterocycles. The number of nitrogens with zero attached hydrogens (tertiary/aromatic N) is 2. The SMILES string of the molecule is COC(=O)c1nc(C=O)cc(N(C(=O)OC(C)(C)C)C(=O)OC(C)(C)C)c1Cl. The molecule has 0 aliphatic heterocycles. The molecule has 0 radical (unpaired) electrons. The van der Waals surface area contributed by atoms with Gasteiger partial charge in [-0.25, -0.2) is 19.4 Å². The molecule has 2 amide bonds. The normalized spacial score (nSPS) is 11.4. The van der Waals surface area contributed by atoms with Gasteiger partial charge in [-0.3, -0.25) is 4.79 Å². The minimum atomic E-state index is -1.11. The van der Waals surface area contributed by atoms with Crippen molar-refractivity contribution in [3.63, 3.8) is 0 Å². The van der Waals surface area contributed by atoms with Crippen molar-refractivity contribution < 1.29 is 33.4 Å². The molecule has 1 rings (SSSR count). The second kappa shape index (κ2) is 8.55. The van der Waals surface area contributed by atoms with Gasteiger partial charge in [0, 0.05) is 0 Å². The van der Waals surface area contributed by atoms with Gasteiger partial charge in [0.2, 0.25) is 0 Å². The van der Waals surface area contributed by atoms with E-state index in [-0.39, 0.29) is 16.4 Å². The molecule has 1 heterocycles. The number of carbonyl (C=O) groups is 4. The Hall–Kier alpha value is -2.68. The average Bonchev–Trinajstić information content (AvgIpc) is 2.52. The summed E-state index contributed by atoms with van der Waals surface area (Å²) in [7, 11) is 1.09. The molecule has 0 aromatic carbocycles. The van der Waals surface area contributed by atoms with Crippen molar-refractivity contribution in [2.24, 2.45) is 0 Å². The zero-order valence-corrected chi connectivity index (χ0v) is 17.5. The highest BCUT2D eigenvalue weighted by atomic mass is 35.5. The number of imide groups is 1. The number of aromatic nitrogens is 1. The highest BCUT2D eigenvalue weighted by Crippen LogP contribution is 2.32. The number of pyridine rings is 1. The maximum absolute atomic E-state index is 12.7. The number of anilines is 1. The molecular weight excluding hydrogens is 392 g/mol. The Labute approximate surface area is 167 Å². The van der Waals surface area contributed by atoms with Crippen molar-refractivity contribution in [1.29, 1.82) is 0 Å². The molecule has 0 N–H and O–H groups in total. The number of ether oxygens (including phenoxy) is 3. The smallest absolute Gasteiger partial charge is 0.424 e. The maximum Gasteiger partial charge on any atom is 0.424 e. The summed E-state index contributed by atoms with van der Waals surface area (Å²) in [5.74, 6) is -0.955. The van der Waals surface area contributed by atoms with Crippen LogP contribution < -0.4 is 4.90 Å². The van der Waals surface area contributed by atoms with E-state index < -0.39 is 35.1 Å². The summed E-state index contributed by atoms with van der Waals surface area (Å²) in [5.41, 5.74) is -2.90. The van der Waals surface area contributed by atoms with Gasteiger partial charge in [-0.15, -0.1) is 0 Å². The van der Waals surface area contributed by atoms with E-state index in [1.165, 1.54) is 0 Å². The second-order valence-corrected chi connectivity index (χ2v) is 8.01. The topological polar surface area (TPSA) is 112 Å². The first-order valence-electron chi connectivity index (χ1n) is 8.20. The third-order valence-corrected chi connectivity index (χ3v) is 3.22. The van der Waals surface area contributed by atoms with E-state index in [0.29, 0.717) is 11.2 Å². The third kappa shape index (κ3) is 6.19. The lowest BCUT2D eigenvalue weighted by atomic mass is 10.2. The van der Waals surface area contributed by atoms with E-state index in [9.17, 15) is 19.2 Å². The number of esters is 1. The number of amides is 2. The van der Waals surface area contributed by atoms with E-state index >= 15 is 0 Å². The van der Waals surface area contributed by atoms with Gasteiger partial charge in [-0.1, -0.05) is 11.6 Å². The van der Waals surface area contributed by atoms with Gasteiger partial charge < -0.3 is 14.2 Å². The monoisotopic (exact) mass is 414 g/mol. The average molecular weight is 415 g/mol. The molecule has 9 nitrogen and oxygen atoms in total. The predicted molar refractivity (Wildman–Crippen MR) is 101 cm³/mol. The van der Waals surface area contributed by atoms with E-state index in [1.54, 1.807) is 41.5 Å². The molecule has 1 aromatic rings. The summed E-state index contributed by atoms with van der Waals surface area (Å²) in [6, 6.07) is 1.07. The van der Waals surface area contributed by atoms with Gasteiger partial charge >= 0.3 is 18.2 Å². The molecule has 0 unspecified atom stereocenters. The van der Waals surface area contributed by atoms with E-state index in [0.717, 1.165) is 13.2 Å². The van der Waals surface area contributed by atoms with Gasteiger partial charge in [0.15, 0.2) is 12.0 Å². The molecule has 0 bridgehead atoms. The lowest BCUT2D eigenvalue weighted by molar-refractivity contribution is 0.0428. The zero-order chi connectivity index (χ0) is 21.9. The third-order valence-electron chi connectivity index (χ3n) is 2.85. The van der Waals surface area contributed by atoms with Crippen LogP contribution in [0, 0.1) is 0 Å². The quantitative estimate of drug-likeness (QED) is 0.414. The summed E-state index contributed by atoms with van der Waals surface area (Å²) in [6.45, 7) is 9.60. The Kier molecular flexibility index (Phi) is 7.14. The lowest BCUT2D eigenvalue weighted by Crippen LogP contribution is -2.44. The van der Waals surface area contributed by atoms with Gasteiger partial charge in [-0.2, -0.15) is 4.90 Å².